The number of fused-ring (bicyclic) bond motifs is 1. The van der Waals surface area contributed by atoms with E-state index in [2.05, 4.69) is 10.3 Å². The van der Waals surface area contributed by atoms with Gasteiger partial charge >= 0.3 is 0 Å². The van der Waals surface area contributed by atoms with Crippen molar-refractivity contribution in [1.29, 1.82) is 0 Å². The van der Waals surface area contributed by atoms with Crippen LogP contribution in [0.2, 0.25) is 0 Å². The van der Waals surface area contributed by atoms with Crippen LogP contribution < -0.4 is 10.9 Å². The molecule has 1 aliphatic rings. The largest absolute Gasteiger partial charge is 0.506 e. The average molecular weight is 272 g/mol. The van der Waals surface area contributed by atoms with Crippen LogP contribution in [-0.4, -0.2) is 22.0 Å². The van der Waals surface area contributed by atoms with Crippen molar-refractivity contribution < 1.29 is 9.90 Å². The molecule has 1 aromatic carbocycles. The molecule has 1 amide bonds. The number of amides is 1. The zero-order valence-electron chi connectivity index (χ0n) is 11.0. The normalized spacial score (nSPS) is 15.6. The lowest BCUT2D eigenvalue weighted by Crippen LogP contribution is -2.36. The maximum atomic E-state index is 12.2. The number of carbonyl (C=O) groups excluding carboxylic acids is 1. The first-order chi connectivity index (χ1) is 9.66. The Balaban J connectivity index is 2.02. The van der Waals surface area contributed by atoms with Gasteiger partial charge in [-0.15, -0.1) is 0 Å². The van der Waals surface area contributed by atoms with Gasteiger partial charge in [-0.25, -0.2) is 0 Å². The lowest BCUT2D eigenvalue weighted by atomic mass is 10.1. The van der Waals surface area contributed by atoms with Gasteiger partial charge in [0, 0.05) is 11.4 Å². The van der Waals surface area contributed by atoms with E-state index in [1.807, 2.05) is 0 Å². The quantitative estimate of drug-likeness (QED) is 0.781. The summed E-state index contributed by atoms with van der Waals surface area (Å²) in [5.74, 6) is -0.749. The Morgan fingerprint density at radius 1 is 1.25 bits per heavy atom. The molecule has 0 saturated heterocycles. The van der Waals surface area contributed by atoms with E-state index in [-0.39, 0.29) is 17.4 Å². The number of hydrogen-bond donors (Lipinski definition) is 3. The van der Waals surface area contributed by atoms with Crippen molar-refractivity contribution in [2.75, 3.05) is 0 Å². The predicted octanol–water partition coefficient (Wildman–Crippen LogP) is 1.91. The van der Waals surface area contributed by atoms with Gasteiger partial charge < -0.3 is 15.4 Å². The number of benzene rings is 1. The standard InChI is InChI=1S/C15H16N2O3/c18-13-10-7-3-4-8-11(10)17-15(20)12(13)14(19)16-9-5-1-2-6-9/h3-4,7-9H,1-2,5-6H2,(H,16,19)(H2,17,18,20). The number of carbonyl (C=O) groups is 1. The molecule has 1 saturated carbocycles. The Morgan fingerprint density at radius 3 is 2.70 bits per heavy atom. The maximum absolute atomic E-state index is 12.2. The van der Waals surface area contributed by atoms with Crippen LogP contribution in [0.1, 0.15) is 36.0 Å². The first-order valence-electron chi connectivity index (χ1n) is 6.81. The van der Waals surface area contributed by atoms with Gasteiger partial charge in [0.05, 0.1) is 5.52 Å². The molecule has 5 heteroatoms. The Kier molecular flexibility index (Phi) is 3.18. The molecule has 3 N–H and O–H groups in total. The van der Waals surface area contributed by atoms with Gasteiger partial charge in [-0.05, 0) is 25.0 Å². The minimum Gasteiger partial charge on any atom is -0.506 e. The second-order valence-corrected chi connectivity index (χ2v) is 5.18. The molecule has 20 heavy (non-hydrogen) atoms. The number of aromatic amines is 1. The van der Waals surface area contributed by atoms with Crippen LogP contribution >= 0.6 is 0 Å². The monoisotopic (exact) mass is 272 g/mol. The number of H-pyrrole nitrogens is 1. The number of aromatic hydroxyl groups is 1. The predicted molar refractivity (Wildman–Crippen MR) is 76.0 cm³/mol. The number of rotatable bonds is 2. The van der Waals surface area contributed by atoms with Gasteiger partial charge in [-0.1, -0.05) is 25.0 Å². The summed E-state index contributed by atoms with van der Waals surface area (Å²) < 4.78 is 0. The zero-order chi connectivity index (χ0) is 14.1. The highest BCUT2D eigenvalue weighted by atomic mass is 16.3. The molecule has 0 radical (unpaired) electrons. The molecule has 0 spiro atoms. The lowest BCUT2D eigenvalue weighted by molar-refractivity contribution is 0.0934. The SMILES string of the molecule is O=C(NC1CCCC1)c1c(O)c2ccccc2[nH]c1=O. The fraction of sp³-hybridized carbons (Fsp3) is 0.333. The topological polar surface area (TPSA) is 82.2 Å². The summed E-state index contributed by atoms with van der Waals surface area (Å²) in [6.07, 6.45) is 4.03. The summed E-state index contributed by atoms with van der Waals surface area (Å²) in [7, 11) is 0. The van der Waals surface area contributed by atoms with Crippen molar-refractivity contribution in [1.82, 2.24) is 10.3 Å². The molecule has 0 atom stereocenters. The average Bonchev–Trinajstić information content (AvgIpc) is 2.91. The Morgan fingerprint density at radius 2 is 1.95 bits per heavy atom. The first kappa shape index (κ1) is 12.7. The number of para-hydroxylation sites is 1. The molecule has 1 aliphatic carbocycles. The third-order valence-electron chi connectivity index (χ3n) is 3.81. The summed E-state index contributed by atoms with van der Waals surface area (Å²) in [4.78, 5) is 26.8. The Bertz CT molecular complexity index is 715. The molecular formula is C15H16N2O3. The molecule has 2 aromatic rings. The van der Waals surface area contributed by atoms with Gasteiger partial charge in [0.2, 0.25) is 0 Å². The second kappa shape index (κ2) is 5.00. The summed E-state index contributed by atoms with van der Waals surface area (Å²) >= 11 is 0. The molecule has 5 nitrogen and oxygen atoms in total. The van der Waals surface area contributed by atoms with E-state index in [0.29, 0.717) is 10.9 Å². The van der Waals surface area contributed by atoms with Crippen molar-refractivity contribution in [3.05, 3.63) is 40.2 Å². The smallest absolute Gasteiger partial charge is 0.265 e. The third kappa shape index (κ3) is 2.15. The molecule has 3 rings (SSSR count). The van der Waals surface area contributed by atoms with E-state index < -0.39 is 11.5 Å². The van der Waals surface area contributed by atoms with Gasteiger partial charge in [-0.3, -0.25) is 9.59 Å². The molecule has 1 aromatic heterocycles. The van der Waals surface area contributed by atoms with Crippen molar-refractivity contribution >= 4 is 16.8 Å². The summed E-state index contributed by atoms with van der Waals surface area (Å²) in [6.45, 7) is 0. The maximum Gasteiger partial charge on any atom is 0.265 e. The number of pyridine rings is 1. The highest BCUT2D eigenvalue weighted by Crippen LogP contribution is 2.25. The lowest BCUT2D eigenvalue weighted by Gasteiger charge is -2.13. The van der Waals surface area contributed by atoms with E-state index >= 15 is 0 Å². The number of aromatic nitrogens is 1. The summed E-state index contributed by atoms with van der Waals surface area (Å²) in [5.41, 5.74) is -0.236. The van der Waals surface area contributed by atoms with E-state index in [9.17, 15) is 14.7 Å². The van der Waals surface area contributed by atoms with Gasteiger partial charge in [0.25, 0.3) is 11.5 Å². The highest BCUT2D eigenvalue weighted by molar-refractivity contribution is 6.02. The van der Waals surface area contributed by atoms with E-state index in [4.69, 9.17) is 0 Å². The van der Waals surface area contributed by atoms with E-state index in [1.54, 1.807) is 24.3 Å². The zero-order valence-corrected chi connectivity index (χ0v) is 11.0. The molecule has 0 unspecified atom stereocenters. The van der Waals surface area contributed by atoms with Crippen molar-refractivity contribution in [3.8, 4) is 5.75 Å². The third-order valence-corrected chi connectivity index (χ3v) is 3.81. The van der Waals surface area contributed by atoms with Gasteiger partial charge in [0.15, 0.2) is 0 Å². The minimum atomic E-state index is -0.559. The molecule has 1 fully saturated rings. The summed E-state index contributed by atoms with van der Waals surface area (Å²) in [6, 6.07) is 6.98. The fourth-order valence-corrected chi connectivity index (χ4v) is 2.76. The minimum absolute atomic E-state index is 0.104. The molecular weight excluding hydrogens is 256 g/mol. The van der Waals surface area contributed by atoms with Crippen molar-refractivity contribution in [3.63, 3.8) is 0 Å². The molecule has 0 aliphatic heterocycles. The van der Waals surface area contributed by atoms with Crippen molar-refractivity contribution in [2.24, 2.45) is 0 Å². The van der Waals surface area contributed by atoms with Crippen LogP contribution in [0.25, 0.3) is 10.9 Å². The van der Waals surface area contributed by atoms with Crippen molar-refractivity contribution in [2.45, 2.75) is 31.7 Å². The van der Waals surface area contributed by atoms with Gasteiger partial charge in [-0.2, -0.15) is 0 Å². The molecule has 104 valence electrons. The number of nitrogens with one attached hydrogen (secondary N) is 2. The van der Waals surface area contributed by atoms with Gasteiger partial charge in [0.1, 0.15) is 11.3 Å². The number of hydrogen-bond acceptors (Lipinski definition) is 3. The second-order valence-electron chi connectivity index (χ2n) is 5.18. The fourth-order valence-electron chi connectivity index (χ4n) is 2.76. The first-order valence-corrected chi connectivity index (χ1v) is 6.81. The van der Waals surface area contributed by atoms with Crippen LogP contribution in [0.3, 0.4) is 0 Å². The molecule has 0 bridgehead atoms. The van der Waals surface area contributed by atoms with Crippen LogP contribution in [0.4, 0.5) is 0 Å². The van der Waals surface area contributed by atoms with Crippen LogP contribution in [0.5, 0.6) is 5.75 Å². The van der Waals surface area contributed by atoms with Crippen LogP contribution in [0.15, 0.2) is 29.1 Å². The van der Waals surface area contributed by atoms with E-state index in [0.717, 1.165) is 25.7 Å². The van der Waals surface area contributed by atoms with Crippen LogP contribution in [-0.2, 0) is 0 Å². The molecule has 1 heterocycles. The van der Waals surface area contributed by atoms with Crippen LogP contribution in [0, 0.1) is 0 Å². The Hall–Kier alpha value is -2.30. The van der Waals surface area contributed by atoms with E-state index in [1.165, 1.54) is 0 Å². The summed E-state index contributed by atoms with van der Waals surface area (Å²) in [5, 5.41) is 13.5. The Labute approximate surface area is 115 Å². The highest BCUT2D eigenvalue weighted by Gasteiger charge is 2.23.